The molecule has 0 saturated heterocycles. The Bertz CT molecular complexity index is 751. The van der Waals surface area contributed by atoms with Gasteiger partial charge < -0.3 is 14.4 Å². The molecule has 0 aliphatic heterocycles. The van der Waals surface area contributed by atoms with Gasteiger partial charge in [0.25, 0.3) is 0 Å². The molecule has 0 aromatic heterocycles. The lowest BCUT2D eigenvalue weighted by molar-refractivity contribution is -0.129. The van der Waals surface area contributed by atoms with Crippen LogP contribution in [0.3, 0.4) is 0 Å². The number of benzene rings is 2. The predicted octanol–water partition coefficient (Wildman–Crippen LogP) is 5.66. The second-order valence-corrected chi connectivity index (χ2v) is 8.16. The topological polar surface area (TPSA) is 38.8 Å². The Hall–Kier alpha value is -2.49. The lowest BCUT2D eigenvalue weighted by Gasteiger charge is -2.27. The number of hydrogen-bond acceptors (Lipinski definition) is 3. The van der Waals surface area contributed by atoms with Gasteiger partial charge in [0.15, 0.2) is 0 Å². The first-order valence-electron chi connectivity index (χ1n) is 10.4. The van der Waals surface area contributed by atoms with Crippen molar-refractivity contribution in [2.45, 2.75) is 59.6 Å². The molecule has 0 N–H and O–H groups in total. The zero-order valence-electron chi connectivity index (χ0n) is 18.6. The fraction of sp³-hybridized carbons (Fsp3) is 0.480. The minimum atomic E-state index is 0.101. The monoisotopic (exact) mass is 397 g/mol. The van der Waals surface area contributed by atoms with E-state index in [9.17, 15) is 4.79 Å². The van der Waals surface area contributed by atoms with Gasteiger partial charge >= 0.3 is 0 Å². The van der Waals surface area contributed by atoms with E-state index in [0.29, 0.717) is 18.4 Å². The van der Waals surface area contributed by atoms with Crippen molar-refractivity contribution in [1.29, 1.82) is 0 Å². The van der Waals surface area contributed by atoms with Crippen LogP contribution < -0.4 is 9.47 Å². The number of rotatable bonds is 10. The highest BCUT2D eigenvalue weighted by Gasteiger charge is 2.19. The molecule has 4 heteroatoms. The van der Waals surface area contributed by atoms with Gasteiger partial charge in [-0.05, 0) is 67.5 Å². The van der Waals surface area contributed by atoms with Crippen molar-refractivity contribution in [2.75, 3.05) is 13.7 Å². The second kappa shape index (κ2) is 10.9. The van der Waals surface area contributed by atoms with Crippen molar-refractivity contribution in [3.63, 3.8) is 0 Å². The van der Waals surface area contributed by atoms with E-state index in [1.165, 1.54) is 5.56 Å². The summed E-state index contributed by atoms with van der Waals surface area (Å²) in [6.45, 7) is 11.5. The Morgan fingerprint density at radius 1 is 0.931 bits per heavy atom. The summed E-state index contributed by atoms with van der Waals surface area (Å²) in [4.78, 5) is 14.1. The maximum absolute atomic E-state index is 12.2. The van der Waals surface area contributed by atoms with Gasteiger partial charge in [0.05, 0.1) is 13.2 Å². The van der Waals surface area contributed by atoms with Crippen LogP contribution >= 0.6 is 0 Å². The Morgan fingerprint density at radius 2 is 1.52 bits per heavy atom. The highest BCUT2D eigenvalue weighted by atomic mass is 16.5. The van der Waals surface area contributed by atoms with Gasteiger partial charge in [-0.1, -0.05) is 38.1 Å². The molecule has 1 unspecified atom stereocenters. The lowest BCUT2D eigenvalue weighted by Crippen LogP contribution is -2.30. The van der Waals surface area contributed by atoms with Crippen LogP contribution in [0.25, 0.3) is 0 Å². The smallest absolute Gasteiger partial charge is 0.219 e. The highest BCUT2D eigenvalue weighted by Crippen LogP contribution is 2.30. The average molecular weight is 398 g/mol. The quantitative estimate of drug-likeness (QED) is 0.519. The van der Waals surface area contributed by atoms with E-state index >= 15 is 0 Å². The van der Waals surface area contributed by atoms with Gasteiger partial charge in [0, 0.05) is 20.0 Å². The van der Waals surface area contributed by atoms with Crippen LogP contribution in [0.1, 0.15) is 58.1 Å². The minimum Gasteiger partial charge on any atom is -0.497 e. The molecule has 0 aliphatic rings. The number of hydrogen-bond donors (Lipinski definition) is 0. The molecular formula is C25H35NO3. The van der Waals surface area contributed by atoms with Gasteiger partial charge in [-0.15, -0.1) is 0 Å². The number of carbonyl (C=O) groups excluding carboxylic acids is 1. The number of carbonyl (C=O) groups is 1. The Kier molecular flexibility index (Phi) is 8.56. The molecule has 29 heavy (non-hydrogen) atoms. The minimum absolute atomic E-state index is 0.101. The van der Waals surface area contributed by atoms with Crippen molar-refractivity contribution >= 4 is 5.91 Å². The van der Waals surface area contributed by atoms with E-state index in [1.807, 2.05) is 55.1 Å². The molecule has 0 heterocycles. The van der Waals surface area contributed by atoms with Gasteiger partial charge in [-0.3, -0.25) is 4.79 Å². The van der Waals surface area contributed by atoms with E-state index < -0.39 is 0 Å². The molecule has 1 atom stereocenters. The van der Waals surface area contributed by atoms with E-state index in [2.05, 4.69) is 26.0 Å². The van der Waals surface area contributed by atoms with E-state index in [-0.39, 0.29) is 12.0 Å². The maximum Gasteiger partial charge on any atom is 0.219 e. The summed E-state index contributed by atoms with van der Waals surface area (Å²) < 4.78 is 11.0. The molecule has 1 amide bonds. The highest BCUT2D eigenvalue weighted by molar-refractivity contribution is 5.73. The lowest BCUT2D eigenvalue weighted by atomic mass is 9.85. The first kappa shape index (κ1) is 22.8. The summed E-state index contributed by atoms with van der Waals surface area (Å²) in [6, 6.07) is 16.3. The first-order valence-corrected chi connectivity index (χ1v) is 10.4. The molecule has 0 spiro atoms. The Morgan fingerprint density at radius 3 is 2.00 bits per heavy atom. The summed E-state index contributed by atoms with van der Waals surface area (Å²) in [5, 5.41) is 0. The SMILES string of the molecule is COc1ccc(CN(CCC(c2ccc(OC(C)C)cc2)C(C)C)C(C)=O)cc1. The molecule has 2 aromatic carbocycles. The third-order valence-electron chi connectivity index (χ3n) is 5.17. The molecule has 0 saturated carbocycles. The molecule has 0 radical (unpaired) electrons. The zero-order valence-corrected chi connectivity index (χ0v) is 18.6. The number of amides is 1. The van der Waals surface area contributed by atoms with E-state index in [0.717, 1.165) is 30.0 Å². The van der Waals surface area contributed by atoms with E-state index in [1.54, 1.807) is 14.0 Å². The van der Waals surface area contributed by atoms with Crippen LogP contribution in [0.2, 0.25) is 0 Å². The molecular weight excluding hydrogens is 362 g/mol. The molecule has 4 nitrogen and oxygen atoms in total. The van der Waals surface area contributed by atoms with Crippen LogP contribution in [0.5, 0.6) is 11.5 Å². The first-order chi connectivity index (χ1) is 13.8. The van der Waals surface area contributed by atoms with Crippen LogP contribution in [0.4, 0.5) is 0 Å². The van der Waals surface area contributed by atoms with Crippen molar-refractivity contribution in [2.24, 2.45) is 5.92 Å². The van der Waals surface area contributed by atoms with Gasteiger partial charge in [-0.25, -0.2) is 0 Å². The zero-order chi connectivity index (χ0) is 21.4. The van der Waals surface area contributed by atoms with Crippen LogP contribution in [-0.2, 0) is 11.3 Å². The number of ether oxygens (including phenoxy) is 2. The number of methoxy groups -OCH3 is 1. The van der Waals surface area contributed by atoms with Gasteiger partial charge in [0.2, 0.25) is 5.91 Å². The summed E-state index contributed by atoms with van der Waals surface area (Å²) in [5.41, 5.74) is 2.40. The van der Waals surface area contributed by atoms with E-state index in [4.69, 9.17) is 9.47 Å². The Labute approximate surface area is 175 Å². The summed E-state index contributed by atoms with van der Waals surface area (Å²) >= 11 is 0. The number of nitrogens with zero attached hydrogens (tertiary/aromatic N) is 1. The van der Waals surface area contributed by atoms with Gasteiger partial charge in [0.1, 0.15) is 11.5 Å². The van der Waals surface area contributed by atoms with Crippen molar-refractivity contribution < 1.29 is 14.3 Å². The summed E-state index contributed by atoms with van der Waals surface area (Å²) in [7, 11) is 1.66. The summed E-state index contributed by atoms with van der Waals surface area (Å²) in [6.07, 6.45) is 1.10. The molecule has 0 bridgehead atoms. The molecule has 0 aliphatic carbocycles. The third-order valence-corrected chi connectivity index (χ3v) is 5.17. The second-order valence-electron chi connectivity index (χ2n) is 8.16. The van der Waals surface area contributed by atoms with Crippen molar-refractivity contribution in [3.05, 3.63) is 59.7 Å². The van der Waals surface area contributed by atoms with Crippen LogP contribution in [-0.4, -0.2) is 30.6 Å². The van der Waals surface area contributed by atoms with Crippen LogP contribution in [0, 0.1) is 5.92 Å². The summed E-state index contributed by atoms with van der Waals surface area (Å²) in [5.74, 6) is 2.70. The predicted molar refractivity (Wildman–Crippen MR) is 118 cm³/mol. The largest absolute Gasteiger partial charge is 0.497 e. The normalized spacial score (nSPS) is 12.1. The molecule has 158 valence electrons. The average Bonchev–Trinajstić information content (AvgIpc) is 2.68. The van der Waals surface area contributed by atoms with Crippen molar-refractivity contribution in [3.8, 4) is 11.5 Å². The Balaban J connectivity index is 2.04. The fourth-order valence-corrected chi connectivity index (χ4v) is 3.54. The fourth-order valence-electron chi connectivity index (χ4n) is 3.54. The molecule has 2 aromatic rings. The molecule has 2 rings (SSSR count). The standard InChI is InChI=1S/C25H35NO3/c1-18(2)25(22-9-13-24(14-10-22)29-19(3)4)15-16-26(20(5)27)17-21-7-11-23(28-6)12-8-21/h7-14,18-19,25H,15-17H2,1-6H3. The van der Waals surface area contributed by atoms with Crippen molar-refractivity contribution in [1.82, 2.24) is 4.90 Å². The third kappa shape index (κ3) is 7.12. The maximum atomic E-state index is 12.2. The molecule has 0 fully saturated rings. The van der Waals surface area contributed by atoms with Gasteiger partial charge in [-0.2, -0.15) is 0 Å². The van der Waals surface area contributed by atoms with Crippen LogP contribution in [0.15, 0.2) is 48.5 Å².